The highest BCUT2D eigenvalue weighted by Gasteiger charge is 2.22. The van der Waals surface area contributed by atoms with E-state index in [0.717, 1.165) is 19.0 Å². The first kappa shape index (κ1) is 17.8. The zero-order valence-electron chi connectivity index (χ0n) is 14.3. The first-order valence-electron chi connectivity index (χ1n) is 8.33. The van der Waals surface area contributed by atoms with Crippen LogP contribution in [0.15, 0.2) is 18.2 Å². The van der Waals surface area contributed by atoms with Crippen LogP contribution >= 0.6 is 0 Å². The molecule has 0 amide bonds. The molecule has 2 N–H and O–H groups in total. The van der Waals surface area contributed by atoms with Gasteiger partial charge in [0.05, 0.1) is 20.2 Å². The molecular formula is C18H28NO4+. The van der Waals surface area contributed by atoms with Gasteiger partial charge in [-0.15, -0.1) is 0 Å². The van der Waals surface area contributed by atoms with Gasteiger partial charge in [-0.25, -0.2) is 0 Å². The summed E-state index contributed by atoms with van der Waals surface area (Å²) in [4.78, 5) is 12.8. The van der Waals surface area contributed by atoms with E-state index in [4.69, 9.17) is 9.47 Å². The lowest BCUT2D eigenvalue weighted by molar-refractivity contribution is -0.909. The third-order valence-electron chi connectivity index (χ3n) is 4.51. The van der Waals surface area contributed by atoms with E-state index < -0.39 is 6.10 Å². The molecule has 0 aliphatic carbocycles. The molecule has 128 valence electrons. The van der Waals surface area contributed by atoms with Gasteiger partial charge in [0.15, 0.2) is 17.3 Å². The Kier molecular flexibility index (Phi) is 6.42. The molecule has 23 heavy (non-hydrogen) atoms. The van der Waals surface area contributed by atoms with Crippen LogP contribution in [0.3, 0.4) is 0 Å². The van der Waals surface area contributed by atoms with Crippen LogP contribution in [0.2, 0.25) is 0 Å². The number of hydrogen-bond acceptors (Lipinski definition) is 4. The molecular weight excluding hydrogens is 294 g/mol. The summed E-state index contributed by atoms with van der Waals surface area (Å²) in [6.45, 7) is 6.98. The van der Waals surface area contributed by atoms with Gasteiger partial charge in [-0.05, 0) is 43.9 Å². The molecule has 1 aliphatic heterocycles. The van der Waals surface area contributed by atoms with Crippen LogP contribution in [-0.4, -0.2) is 50.3 Å². The zero-order valence-corrected chi connectivity index (χ0v) is 14.3. The maximum Gasteiger partial charge on any atom is 0.161 e. The Morgan fingerprint density at radius 3 is 2.65 bits per heavy atom. The Morgan fingerprint density at radius 1 is 1.35 bits per heavy atom. The number of hydrogen-bond donors (Lipinski definition) is 2. The molecule has 1 aromatic carbocycles. The molecule has 1 aromatic rings. The predicted octanol–water partition coefficient (Wildman–Crippen LogP) is 0.952. The maximum atomic E-state index is 11.4. The Labute approximate surface area is 138 Å². The summed E-state index contributed by atoms with van der Waals surface area (Å²) < 4.78 is 11.0. The van der Waals surface area contributed by atoms with Crippen molar-refractivity contribution in [1.82, 2.24) is 0 Å². The molecule has 5 nitrogen and oxygen atoms in total. The van der Waals surface area contributed by atoms with E-state index in [1.165, 1.54) is 24.7 Å². The summed E-state index contributed by atoms with van der Waals surface area (Å²) in [6.07, 6.45) is 1.95. The standard InChI is InChI=1S/C18H27NO4/c1-13-6-8-19(9-7-13)11-16(21)12-23-17-5-4-15(14(2)20)10-18(17)22-3/h4-5,10,13,16,21H,6-9,11-12H2,1-3H3/p+1/t16-/m0/s1. The molecule has 0 unspecified atom stereocenters. The lowest BCUT2D eigenvalue weighted by Crippen LogP contribution is -3.14. The van der Waals surface area contributed by atoms with Gasteiger partial charge in [0, 0.05) is 5.56 Å². The molecule has 0 aromatic heterocycles. The average molecular weight is 322 g/mol. The van der Waals surface area contributed by atoms with E-state index in [0.29, 0.717) is 23.6 Å². The number of aliphatic hydroxyl groups excluding tert-OH is 1. The third-order valence-corrected chi connectivity index (χ3v) is 4.51. The fourth-order valence-electron chi connectivity index (χ4n) is 2.96. The largest absolute Gasteiger partial charge is 0.493 e. The van der Waals surface area contributed by atoms with E-state index in [2.05, 4.69) is 6.92 Å². The summed E-state index contributed by atoms with van der Waals surface area (Å²) in [5.74, 6) is 1.86. The monoisotopic (exact) mass is 322 g/mol. The van der Waals surface area contributed by atoms with Crippen LogP contribution in [0.25, 0.3) is 0 Å². The van der Waals surface area contributed by atoms with Gasteiger partial charge < -0.3 is 19.5 Å². The van der Waals surface area contributed by atoms with Gasteiger partial charge in [0.1, 0.15) is 19.3 Å². The fraction of sp³-hybridized carbons (Fsp3) is 0.611. The van der Waals surface area contributed by atoms with Crippen molar-refractivity contribution in [3.05, 3.63) is 23.8 Å². The number of nitrogens with one attached hydrogen (secondary N) is 1. The number of ether oxygens (including phenoxy) is 2. The zero-order chi connectivity index (χ0) is 16.8. The van der Waals surface area contributed by atoms with Crippen LogP contribution in [0.4, 0.5) is 0 Å². The second-order valence-corrected chi connectivity index (χ2v) is 6.52. The van der Waals surface area contributed by atoms with Crippen molar-refractivity contribution in [3.8, 4) is 11.5 Å². The molecule has 0 saturated carbocycles. The summed E-state index contributed by atoms with van der Waals surface area (Å²) >= 11 is 0. The van der Waals surface area contributed by atoms with Crippen molar-refractivity contribution in [2.45, 2.75) is 32.8 Å². The van der Waals surface area contributed by atoms with Gasteiger partial charge in [-0.2, -0.15) is 0 Å². The Balaban J connectivity index is 1.86. The SMILES string of the molecule is COc1cc(C(C)=O)ccc1OC[C@@H](O)C[NH+]1CCC(C)CC1. The van der Waals surface area contributed by atoms with E-state index in [1.807, 2.05) is 0 Å². The van der Waals surface area contributed by atoms with E-state index in [9.17, 15) is 9.90 Å². The van der Waals surface area contributed by atoms with Crippen molar-refractivity contribution in [3.63, 3.8) is 0 Å². The number of rotatable bonds is 7. The van der Waals surface area contributed by atoms with Crippen LogP contribution in [0.5, 0.6) is 11.5 Å². The summed E-state index contributed by atoms with van der Waals surface area (Å²) in [5.41, 5.74) is 0.585. The number of Topliss-reactive ketones (excluding diaryl/α,β-unsaturated/α-hetero) is 1. The van der Waals surface area contributed by atoms with Crippen molar-refractivity contribution < 1.29 is 24.3 Å². The molecule has 2 rings (SSSR count). The van der Waals surface area contributed by atoms with Crippen molar-refractivity contribution in [2.75, 3.05) is 33.4 Å². The molecule has 1 atom stereocenters. The highest BCUT2D eigenvalue weighted by Crippen LogP contribution is 2.28. The van der Waals surface area contributed by atoms with Crippen molar-refractivity contribution in [1.29, 1.82) is 0 Å². The quantitative estimate of drug-likeness (QED) is 0.734. The van der Waals surface area contributed by atoms with E-state index in [1.54, 1.807) is 25.3 Å². The third kappa shape index (κ3) is 5.22. The van der Waals surface area contributed by atoms with Crippen LogP contribution in [-0.2, 0) is 0 Å². The Hall–Kier alpha value is -1.59. The Bertz CT molecular complexity index is 524. The molecule has 0 radical (unpaired) electrons. The van der Waals surface area contributed by atoms with E-state index >= 15 is 0 Å². The number of aliphatic hydroxyl groups is 1. The lowest BCUT2D eigenvalue weighted by Gasteiger charge is -2.28. The number of likely N-dealkylation sites (tertiary alicyclic amines) is 1. The van der Waals surface area contributed by atoms with Gasteiger partial charge in [-0.3, -0.25) is 4.79 Å². The van der Waals surface area contributed by atoms with Crippen LogP contribution in [0, 0.1) is 5.92 Å². The van der Waals surface area contributed by atoms with Crippen LogP contribution < -0.4 is 14.4 Å². The smallest absolute Gasteiger partial charge is 0.161 e. The molecule has 1 saturated heterocycles. The number of benzene rings is 1. The minimum Gasteiger partial charge on any atom is -0.493 e. The molecule has 0 bridgehead atoms. The van der Waals surface area contributed by atoms with Gasteiger partial charge >= 0.3 is 0 Å². The maximum absolute atomic E-state index is 11.4. The number of carbonyl (C=O) groups excluding carboxylic acids is 1. The molecule has 1 aliphatic rings. The minimum absolute atomic E-state index is 0.0159. The second kappa shape index (κ2) is 8.31. The predicted molar refractivity (Wildman–Crippen MR) is 88.5 cm³/mol. The number of quaternary nitrogens is 1. The summed E-state index contributed by atoms with van der Waals surface area (Å²) in [6, 6.07) is 5.10. The molecule has 5 heteroatoms. The summed E-state index contributed by atoms with van der Waals surface area (Å²) in [5, 5.41) is 10.2. The highest BCUT2D eigenvalue weighted by atomic mass is 16.5. The second-order valence-electron chi connectivity index (χ2n) is 6.52. The van der Waals surface area contributed by atoms with Crippen molar-refractivity contribution in [2.24, 2.45) is 5.92 Å². The molecule has 0 spiro atoms. The molecule has 1 fully saturated rings. The minimum atomic E-state index is -0.504. The number of methoxy groups -OCH3 is 1. The van der Waals surface area contributed by atoms with Gasteiger partial charge in [0.25, 0.3) is 0 Å². The average Bonchev–Trinajstić information content (AvgIpc) is 2.54. The normalized spacial score (nSPS) is 22.4. The highest BCUT2D eigenvalue weighted by molar-refractivity contribution is 5.94. The summed E-state index contributed by atoms with van der Waals surface area (Å²) in [7, 11) is 1.54. The van der Waals surface area contributed by atoms with Crippen molar-refractivity contribution >= 4 is 5.78 Å². The number of piperidine rings is 1. The topological polar surface area (TPSA) is 60.2 Å². The first-order valence-corrected chi connectivity index (χ1v) is 8.33. The number of ketones is 1. The van der Waals surface area contributed by atoms with Gasteiger partial charge in [0.2, 0.25) is 0 Å². The number of carbonyl (C=O) groups is 1. The molecule has 1 heterocycles. The van der Waals surface area contributed by atoms with Gasteiger partial charge in [-0.1, -0.05) is 6.92 Å². The fourth-order valence-corrected chi connectivity index (χ4v) is 2.96. The lowest BCUT2D eigenvalue weighted by atomic mass is 9.99. The Morgan fingerprint density at radius 2 is 2.04 bits per heavy atom. The first-order chi connectivity index (χ1) is 11.0. The van der Waals surface area contributed by atoms with E-state index in [-0.39, 0.29) is 12.4 Å². The van der Waals surface area contributed by atoms with Crippen LogP contribution in [0.1, 0.15) is 37.0 Å².